The summed E-state index contributed by atoms with van der Waals surface area (Å²) in [5.74, 6) is 1.22. The summed E-state index contributed by atoms with van der Waals surface area (Å²) in [6.07, 6.45) is 2.66. The Morgan fingerprint density at radius 2 is 2.00 bits per heavy atom. The van der Waals surface area contributed by atoms with Crippen LogP contribution in [0.3, 0.4) is 0 Å². The fourth-order valence-corrected chi connectivity index (χ4v) is 6.27. The van der Waals surface area contributed by atoms with E-state index in [0.29, 0.717) is 11.3 Å². The lowest BCUT2D eigenvalue weighted by molar-refractivity contribution is 0.0950. The van der Waals surface area contributed by atoms with Gasteiger partial charge in [-0.1, -0.05) is 6.07 Å². The fraction of sp³-hybridized carbons (Fsp3) is 0.250. The molecule has 0 bridgehead atoms. The summed E-state index contributed by atoms with van der Waals surface area (Å²) in [7, 11) is -1.83. The number of rotatable bonds is 5. The largest absolute Gasteiger partial charge is 0.497 e. The lowest BCUT2D eigenvalue weighted by atomic mass is 10.1. The Morgan fingerprint density at radius 3 is 2.87 bits per heavy atom. The molecule has 0 atom stereocenters. The molecule has 9 nitrogen and oxygen atoms in total. The predicted octanol–water partition coefficient (Wildman–Crippen LogP) is 3.57. The molecule has 2 aliphatic heterocycles. The van der Waals surface area contributed by atoms with Crippen LogP contribution in [0.25, 0.3) is 10.9 Å². The molecule has 0 fully saturated rings. The summed E-state index contributed by atoms with van der Waals surface area (Å²) in [6, 6.07) is 16.6. The van der Waals surface area contributed by atoms with Gasteiger partial charge in [-0.05, 0) is 66.1 Å². The Labute approximate surface area is 220 Å². The van der Waals surface area contributed by atoms with Crippen molar-refractivity contribution in [3.05, 3.63) is 83.2 Å². The van der Waals surface area contributed by atoms with Crippen LogP contribution in [0.15, 0.2) is 65.7 Å². The monoisotopic (exact) mass is 530 g/mol. The molecule has 0 radical (unpaired) electrons. The number of hydrogen-bond acceptors (Lipinski definition) is 8. The molecular weight excluding hydrogens is 504 g/mol. The van der Waals surface area contributed by atoms with Gasteiger partial charge in [0.25, 0.3) is 5.91 Å². The number of fused-ring (bicyclic) bond motifs is 3. The summed E-state index contributed by atoms with van der Waals surface area (Å²) in [4.78, 5) is 24.6. The first kappa shape index (κ1) is 24.3. The molecule has 0 unspecified atom stereocenters. The number of nitrogens with zero attached hydrogens (tertiary/aromatic N) is 3. The van der Waals surface area contributed by atoms with E-state index in [4.69, 9.17) is 14.5 Å². The number of amides is 1. The SMILES string of the molecule is COc1ccc2c(c1)CCN2c1ccc2cnc(CNC(=O)c3ccc4c(c3)S(=O)(=O)CCOC4)cc2n1. The van der Waals surface area contributed by atoms with E-state index in [1.807, 2.05) is 24.3 Å². The first-order chi connectivity index (χ1) is 18.4. The number of ether oxygens (including phenoxy) is 2. The topological polar surface area (TPSA) is 111 Å². The third-order valence-corrected chi connectivity index (χ3v) is 8.68. The first-order valence-electron chi connectivity index (χ1n) is 12.3. The molecule has 2 aromatic heterocycles. The molecule has 4 heterocycles. The summed E-state index contributed by atoms with van der Waals surface area (Å²) >= 11 is 0. The number of benzene rings is 2. The number of sulfone groups is 1. The molecule has 1 N–H and O–H groups in total. The van der Waals surface area contributed by atoms with Crippen molar-refractivity contribution in [2.45, 2.75) is 24.5 Å². The minimum absolute atomic E-state index is 0.0989. The van der Waals surface area contributed by atoms with Crippen LogP contribution in [0.4, 0.5) is 11.5 Å². The highest BCUT2D eigenvalue weighted by molar-refractivity contribution is 7.91. The van der Waals surface area contributed by atoms with Crippen LogP contribution in [-0.2, 0) is 34.1 Å². The Hall–Kier alpha value is -4.02. The van der Waals surface area contributed by atoms with Gasteiger partial charge in [-0.2, -0.15) is 0 Å². The Morgan fingerprint density at radius 1 is 1.11 bits per heavy atom. The molecule has 194 valence electrons. The van der Waals surface area contributed by atoms with Crippen LogP contribution in [0.2, 0.25) is 0 Å². The minimum atomic E-state index is -3.50. The molecule has 2 aliphatic rings. The van der Waals surface area contributed by atoms with Gasteiger partial charge in [-0.15, -0.1) is 0 Å². The number of hydrogen-bond donors (Lipinski definition) is 1. The summed E-state index contributed by atoms with van der Waals surface area (Å²) in [5.41, 5.74) is 4.62. The molecule has 1 amide bonds. The standard InChI is InChI=1S/C28H26N4O5S/c1-36-23-5-6-25-18(12-23)8-9-32(25)27-7-4-20-15-29-22(14-24(20)31-27)16-30-28(33)19-2-3-21-17-37-10-11-38(34,35)26(21)13-19/h2-7,12-15H,8-11,16-17H2,1H3,(H,30,33). The van der Waals surface area contributed by atoms with E-state index in [0.717, 1.165) is 41.1 Å². The predicted molar refractivity (Wildman–Crippen MR) is 143 cm³/mol. The van der Waals surface area contributed by atoms with Gasteiger partial charge in [0, 0.05) is 29.4 Å². The van der Waals surface area contributed by atoms with Gasteiger partial charge in [0.1, 0.15) is 11.6 Å². The smallest absolute Gasteiger partial charge is 0.251 e. The summed E-state index contributed by atoms with van der Waals surface area (Å²) in [5, 5.41) is 3.74. The van der Waals surface area contributed by atoms with E-state index < -0.39 is 9.84 Å². The highest BCUT2D eigenvalue weighted by Gasteiger charge is 2.24. The molecule has 0 saturated carbocycles. The van der Waals surface area contributed by atoms with Crippen molar-refractivity contribution in [1.82, 2.24) is 15.3 Å². The molecule has 2 aromatic carbocycles. The van der Waals surface area contributed by atoms with Crippen molar-refractivity contribution in [2.75, 3.05) is 30.9 Å². The van der Waals surface area contributed by atoms with E-state index in [1.54, 1.807) is 25.4 Å². The third kappa shape index (κ3) is 4.57. The second-order valence-corrected chi connectivity index (χ2v) is 11.4. The lowest BCUT2D eigenvalue weighted by Gasteiger charge is -2.19. The average molecular weight is 531 g/mol. The van der Waals surface area contributed by atoms with Crippen molar-refractivity contribution < 1.29 is 22.7 Å². The zero-order valence-corrected chi connectivity index (χ0v) is 21.6. The normalized spacial score (nSPS) is 16.0. The highest BCUT2D eigenvalue weighted by Crippen LogP contribution is 2.36. The van der Waals surface area contributed by atoms with E-state index in [-0.39, 0.29) is 41.9 Å². The maximum absolute atomic E-state index is 12.9. The van der Waals surface area contributed by atoms with E-state index in [1.165, 1.54) is 11.6 Å². The number of nitrogens with one attached hydrogen (secondary N) is 1. The molecule has 10 heteroatoms. The van der Waals surface area contributed by atoms with Gasteiger partial charge in [0.15, 0.2) is 9.84 Å². The molecular formula is C28H26N4O5S. The molecule has 0 spiro atoms. The zero-order chi connectivity index (χ0) is 26.3. The highest BCUT2D eigenvalue weighted by atomic mass is 32.2. The lowest BCUT2D eigenvalue weighted by Crippen LogP contribution is -2.24. The van der Waals surface area contributed by atoms with Gasteiger partial charge >= 0.3 is 0 Å². The first-order valence-corrected chi connectivity index (χ1v) is 14.0. The third-order valence-electron chi connectivity index (χ3n) is 6.92. The van der Waals surface area contributed by atoms with Gasteiger partial charge in [0.05, 0.1) is 48.7 Å². The van der Waals surface area contributed by atoms with Crippen LogP contribution in [0.1, 0.15) is 27.2 Å². The second kappa shape index (κ2) is 9.70. The van der Waals surface area contributed by atoms with E-state index in [9.17, 15) is 13.2 Å². The van der Waals surface area contributed by atoms with Crippen LogP contribution in [-0.4, -0.2) is 50.3 Å². The summed E-state index contributed by atoms with van der Waals surface area (Å²) < 4.78 is 35.8. The number of methoxy groups -OCH3 is 1. The number of pyridine rings is 2. The Kier molecular flexibility index (Phi) is 6.21. The molecule has 0 saturated heterocycles. The average Bonchev–Trinajstić information content (AvgIpc) is 3.30. The van der Waals surface area contributed by atoms with Gasteiger partial charge in [-0.25, -0.2) is 13.4 Å². The summed E-state index contributed by atoms with van der Waals surface area (Å²) in [6.45, 7) is 1.36. The Bertz CT molecular complexity index is 1670. The maximum atomic E-state index is 12.9. The van der Waals surface area contributed by atoms with E-state index in [2.05, 4.69) is 27.3 Å². The van der Waals surface area contributed by atoms with Crippen molar-refractivity contribution in [1.29, 1.82) is 0 Å². The molecule has 0 aliphatic carbocycles. The minimum Gasteiger partial charge on any atom is -0.497 e. The van der Waals surface area contributed by atoms with Crippen LogP contribution in [0.5, 0.6) is 5.75 Å². The van der Waals surface area contributed by atoms with Crippen LogP contribution >= 0.6 is 0 Å². The molecule has 38 heavy (non-hydrogen) atoms. The number of anilines is 2. The van der Waals surface area contributed by atoms with Crippen molar-refractivity contribution in [3.8, 4) is 5.75 Å². The maximum Gasteiger partial charge on any atom is 0.251 e. The quantitative estimate of drug-likeness (QED) is 0.417. The molecule has 6 rings (SSSR count). The second-order valence-electron chi connectivity index (χ2n) is 9.31. The fourth-order valence-electron chi connectivity index (χ4n) is 4.88. The molecule has 4 aromatic rings. The van der Waals surface area contributed by atoms with Crippen LogP contribution in [0, 0.1) is 0 Å². The van der Waals surface area contributed by atoms with Crippen molar-refractivity contribution in [2.24, 2.45) is 0 Å². The van der Waals surface area contributed by atoms with Crippen LogP contribution < -0.4 is 15.0 Å². The van der Waals surface area contributed by atoms with Crippen molar-refractivity contribution >= 4 is 38.2 Å². The number of carbonyl (C=O) groups excluding carboxylic acids is 1. The van der Waals surface area contributed by atoms with Crippen molar-refractivity contribution in [3.63, 3.8) is 0 Å². The van der Waals surface area contributed by atoms with Gasteiger partial charge in [-0.3, -0.25) is 9.78 Å². The van der Waals surface area contributed by atoms with Gasteiger partial charge in [0.2, 0.25) is 0 Å². The van der Waals surface area contributed by atoms with E-state index >= 15 is 0 Å². The van der Waals surface area contributed by atoms with Gasteiger partial charge < -0.3 is 19.7 Å². The number of carbonyl (C=O) groups is 1. The Balaban J connectivity index is 1.20. The zero-order valence-electron chi connectivity index (χ0n) is 20.8. The number of aromatic nitrogens is 2.